The highest BCUT2D eigenvalue weighted by atomic mass is 28.4. The van der Waals surface area contributed by atoms with E-state index < -0.39 is 8.32 Å². The largest absolute Gasteiger partial charge is 0.537 e. The molecule has 1 amide bonds. The van der Waals surface area contributed by atoms with E-state index in [9.17, 15) is 4.79 Å². The van der Waals surface area contributed by atoms with E-state index >= 15 is 0 Å². The smallest absolute Gasteiger partial charge is 0.274 e. The van der Waals surface area contributed by atoms with Crippen molar-refractivity contribution in [2.75, 3.05) is 13.7 Å². The molecule has 0 aliphatic heterocycles. The van der Waals surface area contributed by atoms with Crippen LogP contribution in [-0.2, 0) is 0 Å². The molecule has 6 nitrogen and oxygen atoms in total. The van der Waals surface area contributed by atoms with Crippen molar-refractivity contribution in [2.24, 2.45) is 5.92 Å². The van der Waals surface area contributed by atoms with Crippen LogP contribution >= 0.6 is 0 Å². The molecular formula is C29H43N3O3Si. The molecule has 0 fully saturated rings. The van der Waals surface area contributed by atoms with E-state index in [1.807, 2.05) is 31.2 Å². The molecule has 1 unspecified atom stereocenters. The first-order valence-electron chi connectivity index (χ1n) is 13.2. The van der Waals surface area contributed by atoms with Gasteiger partial charge in [0, 0.05) is 12.1 Å². The summed E-state index contributed by atoms with van der Waals surface area (Å²) in [6.07, 6.45) is 7.52. The van der Waals surface area contributed by atoms with E-state index in [1.54, 1.807) is 7.11 Å². The highest BCUT2D eigenvalue weighted by Crippen LogP contribution is 2.45. The lowest BCUT2D eigenvalue weighted by Gasteiger charge is -2.42. The van der Waals surface area contributed by atoms with Gasteiger partial charge in [-0.3, -0.25) is 4.79 Å². The van der Waals surface area contributed by atoms with E-state index in [0.29, 0.717) is 46.5 Å². The van der Waals surface area contributed by atoms with Crippen molar-refractivity contribution < 1.29 is 14.0 Å². The van der Waals surface area contributed by atoms with Crippen LogP contribution in [0.3, 0.4) is 0 Å². The number of aryl methyl sites for hydroxylation is 1. The van der Waals surface area contributed by atoms with E-state index in [4.69, 9.17) is 19.1 Å². The minimum Gasteiger partial charge on any atom is -0.537 e. The minimum absolute atomic E-state index is 0.243. The number of hydrogen-bond acceptors (Lipinski definition) is 5. The molecule has 7 heteroatoms. The molecule has 196 valence electrons. The average molecular weight is 510 g/mol. The number of nitrogens with one attached hydrogen (secondary N) is 1. The Morgan fingerprint density at radius 1 is 1.03 bits per heavy atom. The van der Waals surface area contributed by atoms with Crippen molar-refractivity contribution in [3.8, 4) is 23.0 Å². The van der Waals surface area contributed by atoms with Crippen LogP contribution in [0, 0.1) is 12.8 Å². The number of carbonyl (C=O) groups excluding carboxylic acids is 1. The van der Waals surface area contributed by atoms with Crippen LogP contribution in [-0.4, -0.2) is 37.8 Å². The maximum absolute atomic E-state index is 13.7. The van der Waals surface area contributed by atoms with Crippen LogP contribution in [0.15, 0.2) is 36.4 Å². The molecule has 1 atom stereocenters. The summed E-state index contributed by atoms with van der Waals surface area (Å²) < 4.78 is 12.7. The van der Waals surface area contributed by atoms with Crippen LogP contribution in [0.25, 0.3) is 11.4 Å². The van der Waals surface area contributed by atoms with E-state index in [1.165, 1.54) is 0 Å². The van der Waals surface area contributed by atoms with Gasteiger partial charge in [-0.15, -0.1) is 0 Å². The lowest BCUT2D eigenvalue weighted by Crippen LogP contribution is -2.51. The summed E-state index contributed by atoms with van der Waals surface area (Å²) in [7, 11) is -0.825. The quantitative estimate of drug-likeness (QED) is 0.273. The second kappa shape index (κ2) is 12.0. The number of methoxy groups -OCH3 is 1. The summed E-state index contributed by atoms with van der Waals surface area (Å²) in [6, 6.07) is 7.96. The predicted octanol–water partition coefficient (Wildman–Crippen LogP) is 7.10. The minimum atomic E-state index is -2.40. The van der Waals surface area contributed by atoms with Gasteiger partial charge in [-0.1, -0.05) is 83.5 Å². The lowest BCUT2D eigenvalue weighted by molar-refractivity contribution is 0.0938. The molecule has 1 aromatic carbocycles. The fourth-order valence-corrected chi connectivity index (χ4v) is 10.8. The molecule has 36 heavy (non-hydrogen) atoms. The average Bonchev–Trinajstić information content (AvgIpc) is 2.85. The van der Waals surface area contributed by atoms with Crippen molar-refractivity contribution in [2.45, 2.75) is 84.4 Å². The molecule has 0 bridgehead atoms. The zero-order chi connectivity index (χ0) is 26.5. The summed E-state index contributed by atoms with van der Waals surface area (Å²) >= 11 is 0. The van der Waals surface area contributed by atoms with Gasteiger partial charge in [0.25, 0.3) is 20.1 Å². The first-order valence-corrected chi connectivity index (χ1v) is 15.4. The monoisotopic (exact) mass is 509 g/mol. The van der Waals surface area contributed by atoms with Crippen LogP contribution in [0.5, 0.6) is 11.6 Å². The molecule has 1 heterocycles. The zero-order valence-electron chi connectivity index (χ0n) is 23.2. The Bertz CT molecular complexity index is 1040. The normalized spacial score (nSPS) is 16.0. The van der Waals surface area contributed by atoms with Crippen molar-refractivity contribution in [3.05, 3.63) is 47.7 Å². The van der Waals surface area contributed by atoms with Gasteiger partial charge in [-0.05, 0) is 48.7 Å². The number of carbonyl (C=O) groups is 1. The van der Waals surface area contributed by atoms with Crippen molar-refractivity contribution in [3.63, 3.8) is 0 Å². The van der Waals surface area contributed by atoms with Crippen molar-refractivity contribution in [1.29, 1.82) is 0 Å². The summed E-state index contributed by atoms with van der Waals surface area (Å²) in [5.41, 5.74) is 3.20. The van der Waals surface area contributed by atoms with Gasteiger partial charge in [0.15, 0.2) is 17.3 Å². The summed E-state index contributed by atoms with van der Waals surface area (Å²) in [6.45, 7) is 16.0. The second-order valence-corrected chi connectivity index (χ2v) is 16.3. The maximum Gasteiger partial charge on any atom is 0.274 e. The van der Waals surface area contributed by atoms with Crippen LogP contribution < -0.4 is 14.5 Å². The fraction of sp³-hybridized carbons (Fsp3) is 0.552. The molecule has 1 N–H and O–H groups in total. The van der Waals surface area contributed by atoms with Gasteiger partial charge in [0.2, 0.25) is 0 Å². The summed E-state index contributed by atoms with van der Waals surface area (Å²) in [5, 5.41) is 3.14. The highest BCUT2D eigenvalue weighted by Gasteiger charge is 2.48. The molecule has 0 radical (unpaired) electrons. The Hall–Kier alpha value is -2.67. The number of aromatic nitrogens is 2. The highest BCUT2D eigenvalue weighted by molar-refractivity contribution is 6.78. The van der Waals surface area contributed by atoms with E-state index in [2.05, 4.69) is 59.0 Å². The first kappa shape index (κ1) is 27.9. The predicted molar refractivity (Wildman–Crippen MR) is 149 cm³/mol. The third kappa shape index (κ3) is 5.99. The number of rotatable bonds is 10. The Kier molecular flexibility index (Phi) is 9.34. The van der Waals surface area contributed by atoms with Gasteiger partial charge >= 0.3 is 0 Å². The maximum atomic E-state index is 13.7. The first-order chi connectivity index (χ1) is 17.1. The van der Waals surface area contributed by atoms with Gasteiger partial charge in [-0.2, -0.15) is 4.98 Å². The van der Waals surface area contributed by atoms with Gasteiger partial charge in [0.05, 0.1) is 7.11 Å². The molecule has 2 aromatic rings. The molecule has 0 saturated heterocycles. The van der Waals surface area contributed by atoms with Crippen molar-refractivity contribution >= 4 is 14.2 Å². The molecule has 1 aliphatic carbocycles. The SMILES string of the molecule is COc1nc(-c2ccc(C)cc2)nc(C(=O)NCC2CC=CCC2)c1O[Si](C(C)C)(C(C)C)C(C)C. The molecule has 1 aromatic heterocycles. The Labute approximate surface area is 218 Å². The van der Waals surface area contributed by atoms with Crippen LogP contribution in [0.1, 0.15) is 76.9 Å². The third-order valence-electron chi connectivity index (χ3n) is 7.47. The Balaban J connectivity index is 2.11. The molecule has 1 aliphatic rings. The van der Waals surface area contributed by atoms with Crippen molar-refractivity contribution in [1.82, 2.24) is 15.3 Å². The summed E-state index contributed by atoms with van der Waals surface area (Å²) in [4.78, 5) is 23.2. The standard InChI is InChI=1S/C29H43N3O3Si/c1-19(2)36(20(3)4,21(5)6)35-26-25(28(33)30-18-23-12-10-9-11-13-23)31-27(32-29(26)34-8)24-16-14-22(7)15-17-24/h9-10,14-17,19-21,23H,11-13,18H2,1-8H3,(H,30,33). The zero-order valence-corrected chi connectivity index (χ0v) is 24.2. The third-order valence-corrected chi connectivity index (χ3v) is 13.4. The van der Waals surface area contributed by atoms with E-state index in [-0.39, 0.29) is 11.6 Å². The molecular weight excluding hydrogens is 466 g/mol. The Morgan fingerprint density at radius 2 is 1.67 bits per heavy atom. The van der Waals surface area contributed by atoms with E-state index in [0.717, 1.165) is 30.4 Å². The molecule has 0 saturated carbocycles. The van der Waals surface area contributed by atoms with Gasteiger partial charge < -0.3 is 14.5 Å². The number of amides is 1. The summed E-state index contributed by atoms with van der Waals surface area (Å²) in [5.74, 6) is 1.32. The number of ether oxygens (including phenoxy) is 1. The van der Waals surface area contributed by atoms with Crippen LogP contribution in [0.4, 0.5) is 0 Å². The molecule has 0 spiro atoms. The topological polar surface area (TPSA) is 73.3 Å². The Morgan fingerprint density at radius 3 is 2.19 bits per heavy atom. The second-order valence-electron chi connectivity index (χ2n) is 10.9. The molecule has 3 rings (SSSR count). The number of hydrogen-bond donors (Lipinski definition) is 1. The number of benzene rings is 1. The van der Waals surface area contributed by atoms with Gasteiger partial charge in [0.1, 0.15) is 0 Å². The number of nitrogens with zero attached hydrogens (tertiary/aromatic N) is 2. The van der Waals surface area contributed by atoms with Gasteiger partial charge in [-0.25, -0.2) is 4.98 Å². The lowest BCUT2D eigenvalue weighted by atomic mass is 9.94. The number of allylic oxidation sites excluding steroid dienone is 2. The van der Waals surface area contributed by atoms with Crippen LogP contribution in [0.2, 0.25) is 16.6 Å². The fourth-order valence-electron chi connectivity index (χ4n) is 5.54.